The van der Waals surface area contributed by atoms with Crippen molar-refractivity contribution in [1.82, 2.24) is 20.4 Å². The molecule has 1 fully saturated rings. The minimum atomic E-state index is -0.486. The van der Waals surface area contributed by atoms with Crippen molar-refractivity contribution in [3.63, 3.8) is 0 Å². The average molecular weight is 361 g/mol. The number of halogens is 1. The van der Waals surface area contributed by atoms with Crippen LogP contribution in [0.1, 0.15) is 48.7 Å². The van der Waals surface area contributed by atoms with Gasteiger partial charge in [-0.1, -0.05) is 25.4 Å². The highest BCUT2D eigenvalue weighted by molar-refractivity contribution is 6.30. The van der Waals surface area contributed by atoms with E-state index in [4.69, 9.17) is 11.6 Å². The van der Waals surface area contributed by atoms with Crippen molar-refractivity contribution in [2.24, 2.45) is 0 Å². The Morgan fingerprint density at radius 1 is 1.36 bits per heavy atom. The molecule has 25 heavy (non-hydrogen) atoms. The molecule has 132 valence electrons. The normalized spacial score (nSPS) is 17.4. The fourth-order valence-electron chi connectivity index (χ4n) is 3.02. The summed E-state index contributed by atoms with van der Waals surface area (Å²) in [5.74, 6) is -0.319. The molecule has 0 radical (unpaired) electrons. The van der Waals surface area contributed by atoms with E-state index in [1.165, 1.54) is 0 Å². The van der Waals surface area contributed by atoms with Gasteiger partial charge in [0.05, 0.1) is 23.1 Å². The minimum Gasteiger partial charge on any atom is -0.354 e. The zero-order valence-corrected chi connectivity index (χ0v) is 15.0. The standard InChI is InChI=1S/C18H21ClN4O2/c1-11(2)16-14(17(24)22-15-4-3-9-20-18(15)25)10-21-23(16)13-7-5-12(19)6-8-13/h5-8,10-11,15H,3-4,9H2,1-2H3,(H,20,25)(H,22,24). The number of aromatic nitrogens is 2. The van der Waals surface area contributed by atoms with Crippen LogP contribution >= 0.6 is 11.6 Å². The molecule has 1 aliphatic rings. The maximum atomic E-state index is 12.7. The second-order valence-electron chi connectivity index (χ2n) is 6.45. The zero-order valence-electron chi connectivity index (χ0n) is 14.3. The number of hydrogen-bond donors (Lipinski definition) is 2. The first-order chi connectivity index (χ1) is 12.0. The molecule has 2 heterocycles. The number of hydrogen-bond acceptors (Lipinski definition) is 3. The third kappa shape index (κ3) is 3.69. The Bertz CT molecular complexity index is 783. The van der Waals surface area contributed by atoms with Gasteiger partial charge < -0.3 is 10.6 Å². The smallest absolute Gasteiger partial charge is 0.255 e. The van der Waals surface area contributed by atoms with Crippen molar-refractivity contribution >= 4 is 23.4 Å². The first-order valence-corrected chi connectivity index (χ1v) is 8.77. The topological polar surface area (TPSA) is 76.0 Å². The fourth-order valence-corrected chi connectivity index (χ4v) is 3.15. The molecule has 1 saturated heterocycles. The molecule has 0 saturated carbocycles. The number of rotatable bonds is 4. The van der Waals surface area contributed by atoms with Gasteiger partial charge in [-0.2, -0.15) is 5.10 Å². The van der Waals surface area contributed by atoms with Crippen LogP contribution in [0, 0.1) is 0 Å². The van der Waals surface area contributed by atoms with Crippen molar-refractivity contribution in [2.45, 2.75) is 38.6 Å². The molecule has 0 bridgehead atoms. The van der Waals surface area contributed by atoms with Crippen LogP contribution in [0.3, 0.4) is 0 Å². The summed E-state index contributed by atoms with van der Waals surface area (Å²) in [7, 11) is 0. The lowest BCUT2D eigenvalue weighted by Crippen LogP contribution is -2.50. The van der Waals surface area contributed by atoms with E-state index in [0.717, 1.165) is 17.8 Å². The third-order valence-electron chi connectivity index (χ3n) is 4.26. The largest absolute Gasteiger partial charge is 0.354 e. The maximum Gasteiger partial charge on any atom is 0.255 e. The monoisotopic (exact) mass is 360 g/mol. The molecular weight excluding hydrogens is 340 g/mol. The SMILES string of the molecule is CC(C)c1c(C(=O)NC2CCCNC2=O)cnn1-c1ccc(Cl)cc1. The van der Waals surface area contributed by atoms with Gasteiger partial charge in [-0.3, -0.25) is 9.59 Å². The summed E-state index contributed by atoms with van der Waals surface area (Å²) >= 11 is 5.95. The van der Waals surface area contributed by atoms with Gasteiger partial charge in [-0.05, 0) is 43.0 Å². The van der Waals surface area contributed by atoms with E-state index in [0.29, 0.717) is 23.6 Å². The van der Waals surface area contributed by atoms with Gasteiger partial charge in [0.25, 0.3) is 5.91 Å². The number of nitrogens with zero attached hydrogens (tertiary/aromatic N) is 2. The highest BCUT2D eigenvalue weighted by atomic mass is 35.5. The predicted octanol–water partition coefficient (Wildman–Crippen LogP) is 2.66. The number of piperidine rings is 1. The second-order valence-corrected chi connectivity index (χ2v) is 6.88. The number of carbonyl (C=O) groups is 2. The Balaban J connectivity index is 1.89. The maximum absolute atomic E-state index is 12.7. The quantitative estimate of drug-likeness (QED) is 0.880. The number of carbonyl (C=O) groups excluding carboxylic acids is 2. The first-order valence-electron chi connectivity index (χ1n) is 8.40. The molecule has 2 N–H and O–H groups in total. The molecular formula is C18H21ClN4O2. The minimum absolute atomic E-state index is 0.0825. The lowest BCUT2D eigenvalue weighted by molar-refractivity contribution is -0.124. The van der Waals surface area contributed by atoms with Crippen LogP contribution in [-0.4, -0.2) is 34.2 Å². The molecule has 2 amide bonds. The highest BCUT2D eigenvalue weighted by Gasteiger charge is 2.27. The van der Waals surface area contributed by atoms with Crippen molar-refractivity contribution in [3.8, 4) is 5.69 Å². The van der Waals surface area contributed by atoms with Crippen LogP contribution in [0.15, 0.2) is 30.5 Å². The van der Waals surface area contributed by atoms with E-state index >= 15 is 0 Å². The van der Waals surface area contributed by atoms with E-state index in [2.05, 4.69) is 15.7 Å². The molecule has 1 atom stereocenters. The summed E-state index contributed by atoms with van der Waals surface area (Å²) in [4.78, 5) is 24.6. The summed E-state index contributed by atoms with van der Waals surface area (Å²) in [6.45, 7) is 4.68. The van der Waals surface area contributed by atoms with E-state index in [9.17, 15) is 9.59 Å². The van der Waals surface area contributed by atoms with E-state index in [-0.39, 0.29) is 17.7 Å². The van der Waals surface area contributed by atoms with Crippen molar-refractivity contribution < 1.29 is 9.59 Å². The van der Waals surface area contributed by atoms with Gasteiger partial charge >= 0.3 is 0 Å². The third-order valence-corrected chi connectivity index (χ3v) is 4.51. The molecule has 2 aromatic rings. The van der Waals surface area contributed by atoms with Gasteiger partial charge in [-0.25, -0.2) is 4.68 Å². The van der Waals surface area contributed by atoms with Gasteiger partial charge in [-0.15, -0.1) is 0 Å². The van der Waals surface area contributed by atoms with Crippen LogP contribution < -0.4 is 10.6 Å². The van der Waals surface area contributed by atoms with Crippen molar-refractivity contribution in [1.29, 1.82) is 0 Å². The number of amides is 2. The summed E-state index contributed by atoms with van der Waals surface area (Å²) in [6, 6.07) is 6.80. The van der Waals surface area contributed by atoms with Gasteiger partial charge in [0, 0.05) is 11.6 Å². The first kappa shape index (κ1) is 17.5. The Hall–Kier alpha value is -2.34. The molecule has 1 aromatic carbocycles. The van der Waals surface area contributed by atoms with Crippen molar-refractivity contribution in [2.75, 3.05) is 6.54 Å². The fraction of sp³-hybridized carbons (Fsp3) is 0.389. The molecule has 7 heteroatoms. The molecule has 1 aliphatic heterocycles. The molecule has 0 aliphatic carbocycles. The number of benzene rings is 1. The summed E-state index contributed by atoms with van der Waals surface area (Å²) in [6.07, 6.45) is 3.07. The van der Waals surface area contributed by atoms with E-state index < -0.39 is 6.04 Å². The summed E-state index contributed by atoms with van der Waals surface area (Å²) in [5, 5.41) is 10.6. The van der Waals surface area contributed by atoms with E-state index in [1.807, 2.05) is 26.0 Å². The second kappa shape index (κ2) is 7.27. The van der Waals surface area contributed by atoms with Crippen molar-refractivity contribution in [3.05, 3.63) is 46.7 Å². The molecule has 1 unspecified atom stereocenters. The molecule has 0 spiro atoms. The predicted molar refractivity (Wildman–Crippen MR) is 96.2 cm³/mol. The van der Waals surface area contributed by atoms with E-state index in [1.54, 1.807) is 23.0 Å². The molecule has 3 rings (SSSR count). The summed E-state index contributed by atoms with van der Waals surface area (Å²) < 4.78 is 1.75. The Labute approximate surface area is 151 Å². The Morgan fingerprint density at radius 2 is 2.08 bits per heavy atom. The lowest BCUT2D eigenvalue weighted by Gasteiger charge is -2.23. The van der Waals surface area contributed by atoms with Crippen LogP contribution in [0.2, 0.25) is 5.02 Å². The number of nitrogens with one attached hydrogen (secondary N) is 2. The van der Waals surface area contributed by atoms with Crippen LogP contribution in [0.5, 0.6) is 0 Å². The van der Waals surface area contributed by atoms with Gasteiger partial charge in [0.1, 0.15) is 6.04 Å². The Kier molecular flexibility index (Phi) is 5.08. The van der Waals surface area contributed by atoms with Crippen LogP contribution in [0.25, 0.3) is 5.69 Å². The Morgan fingerprint density at radius 3 is 2.72 bits per heavy atom. The molecule has 6 nitrogen and oxygen atoms in total. The zero-order chi connectivity index (χ0) is 18.0. The van der Waals surface area contributed by atoms with Crippen LogP contribution in [-0.2, 0) is 4.79 Å². The highest BCUT2D eigenvalue weighted by Crippen LogP contribution is 2.24. The molecule has 1 aromatic heterocycles. The average Bonchev–Trinajstić information content (AvgIpc) is 3.03. The lowest BCUT2D eigenvalue weighted by atomic mass is 10.0. The van der Waals surface area contributed by atoms with Gasteiger partial charge in [0.15, 0.2) is 0 Å². The van der Waals surface area contributed by atoms with Crippen LogP contribution in [0.4, 0.5) is 0 Å². The summed E-state index contributed by atoms with van der Waals surface area (Å²) in [5.41, 5.74) is 2.13. The van der Waals surface area contributed by atoms with Gasteiger partial charge in [0.2, 0.25) is 5.91 Å².